The third-order valence-corrected chi connectivity index (χ3v) is 6.63. The zero-order chi connectivity index (χ0) is 15.6. The SMILES string of the molecule is COc1cc(OC)c(C(Br)c2cc(C)c(Br)s2)cc1OC. The summed E-state index contributed by atoms with van der Waals surface area (Å²) in [7, 11) is 4.89. The van der Waals surface area contributed by atoms with E-state index in [0.29, 0.717) is 11.5 Å². The van der Waals surface area contributed by atoms with Crippen LogP contribution >= 0.6 is 43.2 Å². The van der Waals surface area contributed by atoms with Gasteiger partial charge in [-0.2, -0.15) is 0 Å². The van der Waals surface area contributed by atoms with Gasteiger partial charge < -0.3 is 14.2 Å². The lowest BCUT2D eigenvalue weighted by atomic mass is 10.1. The van der Waals surface area contributed by atoms with Crippen molar-refractivity contribution in [2.24, 2.45) is 0 Å². The Hall–Kier alpha value is -0.720. The van der Waals surface area contributed by atoms with Crippen LogP contribution in [0.1, 0.15) is 20.8 Å². The monoisotopic (exact) mass is 434 g/mol. The molecule has 114 valence electrons. The highest BCUT2D eigenvalue weighted by molar-refractivity contribution is 9.11. The van der Waals surface area contributed by atoms with Crippen molar-refractivity contribution in [3.8, 4) is 17.2 Å². The third-order valence-electron chi connectivity index (χ3n) is 3.13. The van der Waals surface area contributed by atoms with Crippen LogP contribution in [0.15, 0.2) is 22.0 Å². The maximum absolute atomic E-state index is 5.49. The Kier molecular flexibility index (Phi) is 5.57. The summed E-state index contributed by atoms with van der Waals surface area (Å²) in [5, 5.41) is 0. The molecule has 3 nitrogen and oxygen atoms in total. The maximum atomic E-state index is 5.49. The first-order valence-electron chi connectivity index (χ1n) is 6.21. The highest BCUT2D eigenvalue weighted by Crippen LogP contribution is 2.45. The van der Waals surface area contributed by atoms with E-state index < -0.39 is 0 Å². The summed E-state index contributed by atoms with van der Waals surface area (Å²) in [5.74, 6) is 2.10. The molecule has 0 aliphatic carbocycles. The van der Waals surface area contributed by atoms with Crippen LogP contribution in [0, 0.1) is 6.92 Å². The molecule has 0 radical (unpaired) electrons. The maximum Gasteiger partial charge on any atom is 0.164 e. The lowest BCUT2D eigenvalue weighted by molar-refractivity contribution is 0.348. The normalized spacial score (nSPS) is 12.1. The minimum Gasteiger partial charge on any atom is -0.496 e. The van der Waals surface area contributed by atoms with E-state index in [1.54, 1.807) is 32.7 Å². The molecule has 21 heavy (non-hydrogen) atoms. The number of aryl methyl sites for hydroxylation is 1. The number of halogens is 2. The van der Waals surface area contributed by atoms with Gasteiger partial charge in [0, 0.05) is 16.5 Å². The van der Waals surface area contributed by atoms with Crippen molar-refractivity contribution < 1.29 is 14.2 Å². The van der Waals surface area contributed by atoms with Crippen LogP contribution in [0.25, 0.3) is 0 Å². The lowest BCUT2D eigenvalue weighted by Crippen LogP contribution is -1.99. The van der Waals surface area contributed by atoms with E-state index in [2.05, 4.69) is 44.8 Å². The van der Waals surface area contributed by atoms with Gasteiger partial charge in [-0.05, 0) is 40.5 Å². The van der Waals surface area contributed by atoms with Crippen LogP contribution in [0.3, 0.4) is 0 Å². The number of ether oxygens (including phenoxy) is 3. The molecule has 0 saturated carbocycles. The Morgan fingerprint density at radius 1 is 0.952 bits per heavy atom. The van der Waals surface area contributed by atoms with Crippen LogP contribution in [0.4, 0.5) is 0 Å². The van der Waals surface area contributed by atoms with Gasteiger partial charge in [-0.25, -0.2) is 0 Å². The summed E-state index contributed by atoms with van der Waals surface area (Å²) in [6, 6.07) is 5.95. The molecule has 0 spiro atoms. The standard InChI is InChI=1S/C15H16Br2O3S/c1-8-5-13(21-15(8)17)14(16)9-6-11(19-3)12(20-4)7-10(9)18-2/h5-7,14H,1-4H3. The van der Waals surface area contributed by atoms with Crippen LogP contribution < -0.4 is 14.2 Å². The van der Waals surface area contributed by atoms with Crippen molar-refractivity contribution in [2.75, 3.05) is 21.3 Å². The first-order valence-corrected chi connectivity index (χ1v) is 8.74. The van der Waals surface area contributed by atoms with Crippen molar-refractivity contribution in [3.05, 3.63) is 38.0 Å². The predicted molar refractivity (Wildman–Crippen MR) is 93.6 cm³/mol. The molecule has 2 aromatic rings. The topological polar surface area (TPSA) is 27.7 Å². The zero-order valence-electron chi connectivity index (χ0n) is 12.2. The first kappa shape index (κ1) is 16.6. The summed E-state index contributed by atoms with van der Waals surface area (Å²) >= 11 is 9.02. The Balaban J connectivity index is 2.50. The fourth-order valence-electron chi connectivity index (χ4n) is 2.01. The molecule has 0 bridgehead atoms. The van der Waals surface area contributed by atoms with E-state index >= 15 is 0 Å². The fraction of sp³-hybridized carbons (Fsp3) is 0.333. The molecule has 0 aliphatic rings. The number of benzene rings is 1. The van der Waals surface area contributed by atoms with Gasteiger partial charge in [-0.1, -0.05) is 15.9 Å². The van der Waals surface area contributed by atoms with Crippen LogP contribution in [0.5, 0.6) is 17.2 Å². The van der Waals surface area contributed by atoms with Crippen LogP contribution in [-0.2, 0) is 0 Å². The van der Waals surface area contributed by atoms with Gasteiger partial charge in [0.25, 0.3) is 0 Å². The van der Waals surface area contributed by atoms with E-state index in [1.165, 1.54) is 10.4 Å². The molecule has 0 saturated heterocycles. The molecule has 0 N–H and O–H groups in total. The van der Waals surface area contributed by atoms with Gasteiger partial charge in [0.15, 0.2) is 11.5 Å². The molecular weight excluding hydrogens is 420 g/mol. The number of alkyl halides is 1. The van der Waals surface area contributed by atoms with E-state index in [0.717, 1.165) is 15.1 Å². The van der Waals surface area contributed by atoms with Crippen molar-refractivity contribution >= 4 is 43.2 Å². The minimum absolute atomic E-state index is 0.0299. The molecule has 0 amide bonds. The van der Waals surface area contributed by atoms with Gasteiger partial charge >= 0.3 is 0 Å². The van der Waals surface area contributed by atoms with Crippen molar-refractivity contribution in [2.45, 2.75) is 11.8 Å². The molecular formula is C15H16Br2O3S. The highest BCUT2D eigenvalue weighted by Gasteiger charge is 2.21. The summed E-state index contributed by atoms with van der Waals surface area (Å²) in [4.78, 5) is 1.23. The minimum atomic E-state index is 0.0299. The largest absolute Gasteiger partial charge is 0.496 e. The van der Waals surface area contributed by atoms with Crippen LogP contribution in [0.2, 0.25) is 0 Å². The number of hydrogen-bond acceptors (Lipinski definition) is 4. The predicted octanol–water partition coefficient (Wildman–Crippen LogP) is 5.33. The molecule has 2 rings (SSSR count). The number of methoxy groups -OCH3 is 3. The highest BCUT2D eigenvalue weighted by atomic mass is 79.9. The summed E-state index contributed by atoms with van der Waals surface area (Å²) in [5.41, 5.74) is 2.22. The summed E-state index contributed by atoms with van der Waals surface area (Å²) < 4.78 is 17.3. The van der Waals surface area contributed by atoms with Crippen LogP contribution in [-0.4, -0.2) is 21.3 Å². The second kappa shape index (κ2) is 7.03. The fourth-order valence-corrected chi connectivity index (χ4v) is 4.35. The van der Waals surface area contributed by atoms with E-state index in [-0.39, 0.29) is 4.83 Å². The first-order chi connectivity index (χ1) is 10.0. The molecule has 0 aliphatic heterocycles. The Labute approximate surface area is 145 Å². The van der Waals surface area contributed by atoms with Gasteiger partial charge in [0.05, 0.1) is 29.9 Å². The van der Waals surface area contributed by atoms with Crippen molar-refractivity contribution in [1.82, 2.24) is 0 Å². The molecule has 1 heterocycles. The zero-order valence-corrected chi connectivity index (χ0v) is 16.2. The van der Waals surface area contributed by atoms with Gasteiger partial charge in [-0.3, -0.25) is 0 Å². The Bertz CT molecular complexity index is 621. The Morgan fingerprint density at radius 2 is 1.52 bits per heavy atom. The second-order valence-corrected chi connectivity index (χ2v) is 7.73. The molecule has 6 heteroatoms. The number of hydrogen-bond donors (Lipinski definition) is 0. The second-order valence-electron chi connectivity index (χ2n) is 4.42. The average Bonchev–Trinajstić information content (AvgIpc) is 2.84. The molecule has 0 fully saturated rings. The van der Waals surface area contributed by atoms with Crippen molar-refractivity contribution in [1.29, 1.82) is 0 Å². The van der Waals surface area contributed by atoms with E-state index in [4.69, 9.17) is 14.2 Å². The molecule has 1 unspecified atom stereocenters. The summed E-state index contributed by atoms with van der Waals surface area (Å²) in [6.07, 6.45) is 0. The number of thiophene rings is 1. The lowest BCUT2D eigenvalue weighted by Gasteiger charge is -2.17. The number of rotatable bonds is 5. The average molecular weight is 436 g/mol. The van der Waals surface area contributed by atoms with E-state index in [1.807, 2.05) is 12.1 Å². The molecule has 1 aromatic heterocycles. The Morgan fingerprint density at radius 3 is 2.00 bits per heavy atom. The van der Waals surface area contributed by atoms with E-state index in [9.17, 15) is 0 Å². The van der Waals surface area contributed by atoms with Gasteiger partial charge in [0.2, 0.25) is 0 Å². The van der Waals surface area contributed by atoms with Crippen molar-refractivity contribution in [3.63, 3.8) is 0 Å². The molecule has 1 aromatic carbocycles. The van der Waals surface area contributed by atoms with Gasteiger partial charge in [-0.15, -0.1) is 11.3 Å². The quantitative estimate of drug-likeness (QED) is 0.594. The summed E-state index contributed by atoms with van der Waals surface area (Å²) in [6.45, 7) is 2.08. The van der Waals surface area contributed by atoms with Gasteiger partial charge in [0.1, 0.15) is 5.75 Å². The molecule has 1 atom stereocenters. The third kappa shape index (κ3) is 3.38. The smallest absolute Gasteiger partial charge is 0.164 e.